The van der Waals surface area contributed by atoms with Crippen molar-refractivity contribution >= 4 is 23.3 Å². The summed E-state index contributed by atoms with van der Waals surface area (Å²) in [5, 5.41) is 0.620. The highest BCUT2D eigenvalue weighted by Gasteiger charge is 2.23. The van der Waals surface area contributed by atoms with E-state index in [4.69, 9.17) is 16.3 Å². The molecule has 1 aliphatic rings. The summed E-state index contributed by atoms with van der Waals surface area (Å²) in [6.45, 7) is 2.77. The van der Waals surface area contributed by atoms with Gasteiger partial charge in [0.05, 0.1) is 12.1 Å². The van der Waals surface area contributed by atoms with Crippen molar-refractivity contribution in [3.8, 4) is 5.88 Å². The lowest BCUT2D eigenvalue weighted by Crippen LogP contribution is -2.49. The quantitative estimate of drug-likeness (QED) is 0.861. The summed E-state index contributed by atoms with van der Waals surface area (Å²) < 4.78 is 5.07. The van der Waals surface area contributed by atoms with Crippen molar-refractivity contribution in [2.45, 2.75) is 0 Å². The van der Waals surface area contributed by atoms with Crippen molar-refractivity contribution in [1.82, 2.24) is 14.9 Å². The Kier molecular flexibility index (Phi) is 4.62. The Morgan fingerprint density at radius 2 is 1.96 bits per heavy atom. The van der Waals surface area contributed by atoms with Gasteiger partial charge in [-0.2, -0.15) is 0 Å². The summed E-state index contributed by atoms with van der Waals surface area (Å²) in [6.07, 6.45) is 3.22. The molecular formula is C16H17ClN4O2. The lowest BCUT2D eigenvalue weighted by Gasteiger charge is -2.35. The molecule has 3 heterocycles. The van der Waals surface area contributed by atoms with Gasteiger partial charge in [-0.25, -0.2) is 9.97 Å². The normalized spacial score (nSPS) is 14.7. The van der Waals surface area contributed by atoms with Crippen molar-refractivity contribution < 1.29 is 9.53 Å². The van der Waals surface area contributed by atoms with Crippen LogP contribution in [0.3, 0.4) is 0 Å². The second kappa shape index (κ2) is 6.83. The van der Waals surface area contributed by atoms with E-state index in [1.807, 2.05) is 17.0 Å². The largest absolute Gasteiger partial charge is 0.481 e. The summed E-state index contributed by atoms with van der Waals surface area (Å²) in [7, 11) is 1.54. The first-order chi connectivity index (χ1) is 11.2. The van der Waals surface area contributed by atoms with E-state index in [0.717, 1.165) is 18.9 Å². The summed E-state index contributed by atoms with van der Waals surface area (Å²) in [4.78, 5) is 24.9. The average Bonchev–Trinajstić information content (AvgIpc) is 2.62. The number of methoxy groups -OCH3 is 1. The second-order valence-electron chi connectivity index (χ2n) is 5.20. The van der Waals surface area contributed by atoms with Gasteiger partial charge in [-0.15, -0.1) is 0 Å². The van der Waals surface area contributed by atoms with Gasteiger partial charge < -0.3 is 14.5 Å². The van der Waals surface area contributed by atoms with Crippen LogP contribution in [0, 0.1) is 0 Å². The molecule has 1 aliphatic heterocycles. The third-order valence-electron chi connectivity index (χ3n) is 3.79. The Morgan fingerprint density at radius 1 is 1.17 bits per heavy atom. The van der Waals surface area contributed by atoms with Gasteiger partial charge in [-0.1, -0.05) is 11.6 Å². The molecule has 2 aromatic rings. The van der Waals surface area contributed by atoms with E-state index in [1.54, 1.807) is 24.5 Å². The molecule has 0 spiro atoms. The van der Waals surface area contributed by atoms with Gasteiger partial charge in [0, 0.05) is 50.2 Å². The molecule has 23 heavy (non-hydrogen) atoms. The Bertz CT molecular complexity index is 685. The molecule has 0 aromatic carbocycles. The standard InChI is InChI=1S/C16H17ClN4O2/c1-23-15-10-12(4-5-18-15)16(22)21-8-6-20(7-9-21)14-3-2-13(17)11-19-14/h2-5,10-11H,6-9H2,1H3. The van der Waals surface area contributed by atoms with E-state index in [9.17, 15) is 4.79 Å². The topological polar surface area (TPSA) is 58.6 Å². The summed E-state index contributed by atoms with van der Waals surface area (Å²) in [5.41, 5.74) is 0.593. The van der Waals surface area contributed by atoms with Crippen molar-refractivity contribution in [3.05, 3.63) is 47.2 Å². The Labute approximate surface area is 139 Å². The van der Waals surface area contributed by atoms with Crippen LogP contribution in [0.4, 0.5) is 5.82 Å². The third-order valence-corrected chi connectivity index (χ3v) is 4.02. The van der Waals surface area contributed by atoms with Gasteiger partial charge in [0.15, 0.2) is 0 Å². The van der Waals surface area contributed by atoms with Gasteiger partial charge in [0.1, 0.15) is 5.82 Å². The molecule has 0 aliphatic carbocycles. The number of halogens is 1. The molecule has 1 amide bonds. The van der Waals surface area contributed by atoms with Crippen LogP contribution in [0.5, 0.6) is 5.88 Å². The van der Waals surface area contributed by atoms with Gasteiger partial charge >= 0.3 is 0 Å². The number of hydrogen-bond acceptors (Lipinski definition) is 5. The number of amides is 1. The number of rotatable bonds is 3. The molecule has 0 atom stereocenters. The van der Waals surface area contributed by atoms with Crippen molar-refractivity contribution in [1.29, 1.82) is 0 Å². The van der Waals surface area contributed by atoms with Crippen molar-refractivity contribution in [3.63, 3.8) is 0 Å². The fourth-order valence-corrected chi connectivity index (χ4v) is 2.64. The van der Waals surface area contributed by atoms with Crippen LogP contribution in [-0.2, 0) is 0 Å². The van der Waals surface area contributed by atoms with Crippen molar-refractivity contribution in [2.24, 2.45) is 0 Å². The first-order valence-corrected chi connectivity index (χ1v) is 7.71. The van der Waals surface area contributed by atoms with Gasteiger partial charge in [0.2, 0.25) is 5.88 Å². The minimum absolute atomic E-state index is 0.00517. The smallest absolute Gasteiger partial charge is 0.254 e. The molecule has 0 radical (unpaired) electrons. The van der Waals surface area contributed by atoms with Crippen LogP contribution in [0.15, 0.2) is 36.7 Å². The minimum atomic E-state index is -0.00517. The van der Waals surface area contributed by atoms with E-state index >= 15 is 0 Å². The zero-order valence-corrected chi connectivity index (χ0v) is 13.5. The molecule has 1 saturated heterocycles. The zero-order valence-electron chi connectivity index (χ0n) is 12.8. The van der Waals surface area contributed by atoms with Crippen LogP contribution in [0.25, 0.3) is 0 Å². The minimum Gasteiger partial charge on any atom is -0.481 e. The molecular weight excluding hydrogens is 316 g/mol. The second-order valence-corrected chi connectivity index (χ2v) is 5.64. The van der Waals surface area contributed by atoms with Crippen LogP contribution < -0.4 is 9.64 Å². The van der Waals surface area contributed by atoms with Crippen LogP contribution in [0.2, 0.25) is 5.02 Å². The van der Waals surface area contributed by atoms with E-state index in [1.165, 1.54) is 7.11 Å². The molecule has 0 N–H and O–H groups in total. The highest BCUT2D eigenvalue weighted by atomic mass is 35.5. The lowest BCUT2D eigenvalue weighted by molar-refractivity contribution is 0.0746. The third kappa shape index (κ3) is 3.53. The molecule has 3 rings (SSSR count). The van der Waals surface area contributed by atoms with Gasteiger partial charge in [0.25, 0.3) is 5.91 Å². The number of anilines is 1. The number of nitrogens with zero attached hydrogens (tertiary/aromatic N) is 4. The van der Waals surface area contributed by atoms with Crippen molar-refractivity contribution in [2.75, 3.05) is 38.2 Å². The molecule has 0 bridgehead atoms. The number of piperazine rings is 1. The maximum absolute atomic E-state index is 12.5. The Balaban J connectivity index is 1.64. The zero-order chi connectivity index (χ0) is 16.2. The number of pyridine rings is 2. The Hall–Kier alpha value is -2.34. The number of hydrogen-bond donors (Lipinski definition) is 0. The maximum Gasteiger partial charge on any atom is 0.254 e. The maximum atomic E-state index is 12.5. The highest BCUT2D eigenvalue weighted by Crippen LogP contribution is 2.18. The fourth-order valence-electron chi connectivity index (χ4n) is 2.53. The number of carbonyl (C=O) groups is 1. The molecule has 7 heteroatoms. The van der Waals surface area contributed by atoms with Crippen LogP contribution in [0.1, 0.15) is 10.4 Å². The number of aromatic nitrogens is 2. The predicted molar refractivity (Wildman–Crippen MR) is 88.2 cm³/mol. The van der Waals surface area contributed by atoms with Crippen LogP contribution >= 0.6 is 11.6 Å². The van der Waals surface area contributed by atoms with E-state index < -0.39 is 0 Å². The molecule has 1 fully saturated rings. The number of ether oxygens (including phenoxy) is 1. The number of carbonyl (C=O) groups excluding carboxylic acids is 1. The predicted octanol–water partition coefficient (Wildman–Crippen LogP) is 2.10. The molecule has 2 aromatic heterocycles. The van der Waals surface area contributed by atoms with Gasteiger partial charge in [-0.05, 0) is 18.2 Å². The fraction of sp³-hybridized carbons (Fsp3) is 0.312. The van der Waals surface area contributed by atoms with E-state index in [0.29, 0.717) is 29.6 Å². The first kappa shape index (κ1) is 15.6. The molecule has 0 unspecified atom stereocenters. The molecule has 6 nitrogen and oxygen atoms in total. The summed E-state index contributed by atoms with van der Waals surface area (Å²) in [6, 6.07) is 7.09. The molecule has 120 valence electrons. The van der Waals surface area contributed by atoms with Gasteiger partial charge in [-0.3, -0.25) is 4.79 Å². The lowest BCUT2D eigenvalue weighted by atomic mass is 10.2. The van der Waals surface area contributed by atoms with E-state index in [2.05, 4.69) is 14.9 Å². The van der Waals surface area contributed by atoms with Crippen LogP contribution in [-0.4, -0.2) is 54.1 Å². The summed E-state index contributed by atoms with van der Waals surface area (Å²) in [5.74, 6) is 1.32. The monoisotopic (exact) mass is 332 g/mol. The average molecular weight is 333 g/mol. The highest BCUT2D eigenvalue weighted by molar-refractivity contribution is 6.30. The van der Waals surface area contributed by atoms with E-state index in [-0.39, 0.29) is 5.91 Å². The SMILES string of the molecule is COc1cc(C(=O)N2CCN(c3ccc(Cl)cn3)CC2)ccn1. The summed E-state index contributed by atoms with van der Waals surface area (Å²) >= 11 is 5.86. The molecule has 0 saturated carbocycles. The first-order valence-electron chi connectivity index (χ1n) is 7.33. The Morgan fingerprint density at radius 3 is 2.61 bits per heavy atom.